The summed E-state index contributed by atoms with van der Waals surface area (Å²) in [7, 11) is 0. The first-order valence-electron chi connectivity index (χ1n) is 5.29. The highest BCUT2D eigenvalue weighted by Gasteiger charge is 2.08. The number of hydrogen-bond acceptors (Lipinski definition) is 2. The van der Waals surface area contributed by atoms with Crippen molar-refractivity contribution in [1.82, 2.24) is 4.98 Å². The Morgan fingerprint density at radius 3 is 2.59 bits per heavy atom. The van der Waals surface area contributed by atoms with E-state index in [1.807, 2.05) is 31.2 Å². The smallest absolute Gasteiger partial charge is 0.165 e. The Morgan fingerprint density at radius 1 is 1.24 bits per heavy atom. The molecule has 1 heterocycles. The van der Waals surface area contributed by atoms with Crippen LogP contribution in [0.2, 0.25) is 5.02 Å². The predicted octanol–water partition coefficient (Wildman–Crippen LogP) is 4.05. The number of rotatable bonds is 3. The Hall–Kier alpha value is -1.61. The molecule has 4 heteroatoms. The lowest BCUT2D eigenvalue weighted by Crippen LogP contribution is -2.09. The summed E-state index contributed by atoms with van der Waals surface area (Å²) < 4.78 is 13.4. The van der Waals surface area contributed by atoms with E-state index >= 15 is 0 Å². The van der Waals surface area contributed by atoms with Crippen molar-refractivity contribution in [3.8, 4) is 0 Å². The first kappa shape index (κ1) is 11.9. The molecule has 0 saturated carbocycles. The van der Waals surface area contributed by atoms with Gasteiger partial charge in [0.15, 0.2) is 11.6 Å². The molecule has 2 rings (SSSR count). The van der Waals surface area contributed by atoms with Gasteiger partial charge in [0.25, 0.3) is 0 Å². The highest BCUT2D eigenvalue weighted by Crippen LogP contribution is 2.20. The Labute approximate surface area is 104 Å². The van der Waals surface area contributed by atoms with Crippen LogP contribution in [0.4, 0.5) is 10.2 Å². The summed E-state index contributed by atoms with van der Waals surface area (Å²) in [5, 5.41) is 3.70. The molecule has 0 amide bonds. The maximum absolute atomic E-state index is 13.4. The van der Waals surface area contributed by atoms with Crippen molar-refractivity contribution >= 4 is 17.4 Å². The van der Waals surface area contributed by atoms with E-state index in [0.717, 1.165) is 5.56 Å². The molecule has 0 radical (unpaired) electrons. The van der Waals surface area contributed by atoms with Gasteiger partial charge in [-0.1, -0.05) is 23.7 Å². The predicted molar refractivity (Wildman–Crippen MR) is 67.7 cm³/mol. The molecule has 0 bridgehead atoms. The summed E-state index contributed by atoms with van der Waals surface area (Å²) in [6.07, 6.45) is 1.56. The lowest BCUT2D eigenvalue weighted by molar-refractivity contribution is 0.621. The Bertz CT molecular complexity index is 499. The molecular formula is C13H12ClFN2. The van der Waals surface area contributed by atoms with Crippen LogP contribution in [0.3, 0.4) is 0 Å². The summed E-state index contributed by atoms with van der Waals surface area (Å²) in [5.74, 6) is -0.0942. The van der Waals surface area contributed by atoms with Crippen molar-refractivity contribution in [1.29, 1.82) is 0 Å². The first-order chi connectivity index (χ1) is 8.16. The lowest BCUT2D eigenvalue weighted by atomic mass is 10.1. The molecule has 88 valence electrons. The Kier molecular flexibility index (Phi) is 3.59. The normalized spacial score (nSPS) is 12.2. The average molecular weight is 251 g/mol. The molecule has 0 aliphatic rings. The Balaban J connectivity index is 2.14. The van der Waals surface area contributed by atoms with Crippen LogP contribution in [-0.4, -0.2) is 4.98 Å². The van der Waals surface area contributed by atoms with Gasteiger partial charge in [-0.25, -0.2) is 9.37 Å². The van der Waals surface area contributed by atoms with Crippen molar-refractivity contribution in [3.63, 3.8) is 0 Å². The van der Waals surface area contributed by atoms with Crippen LogP contribution in [-0.2, 0) is 0 Å². The van der Waals surface area contributed by atoms with Crippen molar-refractivity contribution < 1.29 is 4.39 Å². The van der Waals surface area contributed by atoms with Gasteiger partial charge in [0, 0.05) is 11.2 Å². The van der Waals surface area contributed by atoms with Crippen LogP contribution in [0.15, 0.2) is 42.6 Å². The zero-order valence-electron chi connectivity index (χ0n) is 9.32. The van der Waals surface area contributed by atoms with Crippen LogP contribution < -0.4 is 5.32 Å². The van der Waals surface area contributed by atoms with Crippen molar-refractivity contribution in [2.75, 3.05) is 5.32 Å². The van der Waals surface area contributed by atoms with Gasteiger partial charge in [-0.05, 0) is 36.8 Å². The summed E-state index contributed by atoms with van der Waals surface area (Å²) in [6.45, 7) is 1.94. The van der Waals surface area contributed by atoms with E-state index in [2.05, 4.69) is 10.3 Å². The summed E-state index contributed by atoms with van der Waals surface area (Å²) in [6, 6.07) is 10.3. The molecule has 1 atom stereocenters. The molecule has 0 aliphatic heterocycles. The number of nitrogens with zero attached hydrogens (tertiary/aromatic N) is 1. The maximum atomic E-state index is 13.4. The number of nitrogens with one attached hydrogen (secondary N) is 1. The number of aromatic nitrogens is 1. The molecule has 0 fully saturated rings. The third-order valence-corrected chi connectivity index (χ3v) is 2.73. The molecule has 0 spiro atoms. The Morgan fingerprint density at radius 2 is 1.94 bits per heavy atom. The molecule has 0 aliphatic carbocycles. The zero-order valence-corrected chi connectivity index (χ0v) is 10.1. The fourth-order valence-electron chi connectivity index (χ4n) is 1.53. The number of benzene rings is 1. The highest BCUT2D eigenvalue weighted by molar-refractivity contribution is 6.30. The second kappa shape index (κ2) is 5.15. The van der Waals surface area contributed by atoms with Crippen molar-refractivity contribution in [3.05, 3.63) is 59.0 Å². The fourth-order valence-corrected chi connectivity index (χ4v) is 1.66. The highest BCUT2D eigenvalue weighted by atomic mass is 35.5. The minimum absolute atomic E-state index is 0.0309. The molecule has 0 saturated heterocycles. The van der Waals surface area contributed by atoms with Crippen LogP contribution in [0.5, 0.6) is 0 Å². The topological polar surface area (TPSA) is 24.9 Å². The van der Waals surface area contributed by atoms with Crippen molar-refractivity contribution in [2.45, 2.75) is 13.0 Å². The minimum Gasteiger partial charge on any atom is -0.361 e. The van der Waals surface area contributed by atoms with Crippen LogP contribution in [0.25, 0.3) is 0 Å². The molecule has 17 heavy (non-hydrogen) atoms. The lowest BCUT2D eigenvalue weighted by Gasteiger charge is -2.15. The maximum Gasteiger partial charge on any atom is 0.165 e. The van der Waals surface area contributed by atoms with Gasteiger partial charge >= 0.3 is 0 Å². The fraction of sp³-hybridized carbons (Fsp3) is 0.154. The van der Waals surface area contributed by atoms with Gasteiger partial charge in [0.1, 0.15) is 0 Å². The van der Waals surface area contributed by atoms with E-state index in [1.165, 1.54) is 6.07 Å². The van der Waals surface area contributed by atoms with Gasteiger partial charge < -0.3 is 5.32 Å². The number of pyridine rings is 1. The monoisotopic (exact) mass is 250 g/mol. The number of hydrogen-bond donors (Lipinski definition) is 1. The standard InChI is InChI=1S/C13H12ClFN2/c1-9(10-4-6-11(14)7-5-10)17-13-12(15)3-2-8-16-13/h2-9H,1H3,(H,16,17). The van der Waals surface area contributed by atoms with Gasteiger partial charge in [0.05, 0.1) is 6.04 Å². The summed E-state index contributed by atoms with van der Waals surface area (Å²) >= 11 is 5.81. The first-order valence-corrected chi connectivity index (χ1v) is 5.67. The molecule has 1 aromatic carbocycles. The van der Waals surface area contributed by atoms with Crippen molar-refractivity contribution in [2.24, 2.45) is 0 Å². The van der Waals surface area contributed by atoms with E-state index in [0.29, 0.717) is 5.02 Å². The second-order valence-corrected chi connectivity index (χ2v) is 4.19. The van der Waals surface area contributed by atoms with E-state index < -0.39 is 0 Å². The molecule has 1 N–H and O–H groups in total. The minimum atomic E-state index is -0.353. The van der Waals surface area contributed by atoms with E-state index in [1.54, 1.807) is 12.3 Å². The average Bonchev–Trinajstić information content (AvgIpc) is 2.33. The van der Waals surface area contributed by atoms with E-state index in [-0.39, 0.29) is 17.7 Å². The number of anilines is 1. The third kappa shape index (κ3) is 2.94. The number of halogens is 2. The van der Waals surface area contributed by atoms with Gasteiger partial charge in [-0.3, -0.25) is 0 Å². The molecule has 1 aromatic heterocycles. The van der Waals surface area contributed by atoms with E-state index in [9.17, 15) is 4.39 Å². The molecular weight excluding hydrogens is 239 g/mol. The molecule has 2 nitrogen and oxygen atoms in total. The van der Waals surface area contributed by atoms with Crippen LogP contribution in [0.1, 0.15) is 18.5 Å². The van der Waals surface area contributed by atoms with Gasteiger partial charge in [0.2, 0.25) is 0 Å². The van der Waals surface area contributed by atoms with Crippen LogP contribution in [0, 0.1) is 5.82 Å². The largest absolute Gasteiger partial charge is 0.361 e. The second-order valence-electron chi connectivity index (χ2n) is 3.75. The van der Waals surface area contributed by atoms with Crippen LogP contribution >= 0.6 is 11.6 Å². The third-order valence-electron chi connectivity index (χ3n) is 2.48. The van der Waals surface area contributed by atoms with Gasteiger partial charge in [-0.15, -0.1) is 0 Å². The SMILES string of the molecule is CC(Nc1ncccc1F)c1ccc(Cl)cc1. The summed E-state index contributed by atoms with van der Waals surface area (Å²) in [4.78, 5) is 3.95. The summed E-state index contributed by atoms with van der Waals surface area (Å²) in [5.41, 5.74) is 1.03. The zero-order chi connectivity index (χ0) is 12.3. The van der Waals surface area contributed by atoms with E-state index in [4.69, 9.17) is 11.6 Å². The quantitative estimate of drug-likeness (QED) is 0.889. The molecule has 1 unspecified atom stereocenters. The van der Waals surface area contributed by atoms with Gasteiger partial charge in [-0.2, -0.15) is 0 Å². The molecule has 2 aromatic rings.